The molecule has 6 rings (SSSR count). The average molecular weight is 638 g/mol. The molecule has 1 fully saturated rings. The first kappa shape index (κ1) is 29.9. The van der Waals surface area contributed by atoms with Crippen molar-refractivity contribution in [1.82, 2.24) is 9.61 Å². The van der Waals surface area contributed by atoms with Crippen molar-refractivity contribution in [1.29, 1.82) is 0 Å². The maximum Gasteiger partial charge on any atom is 0.505 e. The van der Waals surface area contributed by atoms with Crippen molar-refractivity contribution >= 4 is 56.5 Å². The van der Waals surface area contributed by atoms with Gasteiger partial charge in [-0.15, -0.1) is 4.90 Å². The highest BCUT2D eigenvalue weighted by Crippen LogP contribution is 2.33. The molecule has 15 heteroatoms. The molecule has 1 unspecified atom stereocenters. The van der Waals surface area contributed by atoms with E-state index < -0.39 is 45.2 Å². The Balaban J connectivity index is 1.21. The van der Waals surface area contributed by atoms with Gasteiger partial charge in [-0.3, -0.25) is 4.79 Å². The fourth-order valence-corrected chi connectivity index (χ4v) is 6.33. The third kappa shape index (κ3) is 5.98. The van der Waals surface area contributed by atoms with E-state index in [4.69, 9.17) is 4.74 Å². The molecule has 0 bridgehead atoms. The second kappa shape index (κ2) is 11.7. The van der Waals surface area contributed by atoms with Crippen LogP contribution in [-0.2, 0) is 19.4 Å². The van der Waals surface area contributed by atoms with Gasteiger partial charge in [-0.2, -0.15) is 9.89 Å². The topological polar surface area (TPSA) is 133 Å². The lowest BCUT2D eigenvalue weighted by Crippen LogP contribution is -2.54. The van der Waals surface area contributed by atoms with Crippen LogP contribution in [0.4, 0.5) is 30.6 Å². The van der Waals surface area contributed by atoms with Crippen LogP contribution in [-0.4, -0.2) is 77.8 Å². The van der Waals surface area contributed by atoms with Crippen LogP contribution in [0.3, 0.4) is 0 Å². The molecule has 1 N–H and O–H groups in total. The first-order valence-electron chi connectivity index (χ1n) is 14.0. The van der Waals surface area contributed by atoms with Gasteiger partial charge in [0.15, 0.2) is 33.1 Å². The summed E-state index contributed by atoms with van der Waals surface area (Å²) in [6.07, 6.45) is 4.49. The standard InChI is InChI=1S/C30H26F2N6O6S/c1-2-35-18-23(29(40)38(30(35)41)21-6-3-19(31)4-7-21)28(39)34-20-5-8-26(24(32)15-20)44-27-16-22(17-37-25(27)9-10-33-37)36-11-13-45(42,43)14-12-36/h3-10,15-18,23H,2,11-14H2,1H3/p+1. The Morgan fingerprint density at radius 2 is 1.76 bits per heavy atom. The molecule has 0 saturated carbocycles. The van der Waals surface area contributed by atoms with Gasteiger partial charge in [0.05, 0.1) is 42.3 Å². The van der Waals surface area contributed by atoms with Crippen molar-refractivity contribution < 1.29 is 40.9 Å². The van der Waals surface area contributed by atoms with Crippen LogP contribution in [0.15, 0.2) is 67.0 Å². The number of anilines is 3. The lowest BCUT2D eigenvalue weighted by Gasteiger charge is -2.29. The number of nitrogens with one attached hydrogen (secondary N) is 1. The number of hydrogen-bond acceptors (Lipinski definition) is 8. The highest BCUT2D eigenvalue weighted by Gasteiger charge is 2.47. The highest BCUT2D eigenvalue weighted by molar-refractivity contribution is 7.91. The molecule has 2 aromatic heterocycles. The molecule has 2 aromatic carbocycles. The Hall–Kier alpha value is -5.18. The molecule has 2 aliphatic heterocycles. The maximum absolute atomic E-state index is 15.3. The van der Waals surface area contributed by atoms with Crippen LogP contribution < -0.4 is 19.9 Å². The summed E-state index contributed by atoms with van der Waals surface area (Å²) in [5.41, 5.74) is 1.34. The number of amides is 4. The second-order valence-electron chi connectivity index (χ2n) is 10.4. The molecular formula is C30H27F2N6O6S+. The summed E-state index contributed by atoms with van der Waals surface area (Å²) in [7, 11) is -3.09. The number of aromatic nitrogens is 2. The fraction of sp³-hybridized carbons (Fsp3) is 0.233. The van der Waals surface area contributed by atoms with E-state index in [1.54, 1.807) is 36.0 Å². The molecule has 0 spiro atoms. The normalized spacial score (nSPS) is 18.2. The quantitative estimate of drug-likeness (QED) is 0.241. The molecule has 1 atom stereocenters. The van der Waals surface area contributed by atoms with Crippen LogP contribution in [0.25, 0.3) is 5.52 Å². The van der Waals surface area contributed by atoms with Gasteiger partial charge in [-0.25, -0.2) is 31.1 Å². The average Bonchev–Trinajstić information content (AvgIpc) is 3.49. The molecule has 4 aromatic rings. The number of pyridine rings is 1. The van der Waals surface area contributed by atoms with E-state index in [-0.39, 0.29) is 40.9 Å². The van der Waals surface area contributed by atoms with E-state index in [0.29, 0.717) is 24.3 Å². The first-order valence-corrected chi connectivity index (χ1v) is 15.8. The molecule has 2 aliphatic rings. The molecule has 4 amide bonds. The highest BCUT2D eigenvalue weighted by atomic mass is 32.2. The van der Waals surface area contributed by atoms with Crippen molar-refractivity contribution in [3.63, 3.8) is 0 Å². The van der Waals surface area contributed by atoms with E-state index in [1.807, 2.05) is 4.90 Å². The number of carbonyl (C=O) groups is 3. The number of benzene rings is 2. The van der Waals surface area contributed by atoms with Gasteiger partial charge in [0.1, 0.15) is 17.0 Å². The van der Waals surface area contributed by atoms with Crippen LogP contribution in [0.5, 0.6) is 11.5 Å². The zero-order valence-corrected chi connectivity index (χ0v) is 24.7. The van der Waals surface area contributed by atoms with Crippen molar-refractivity contribution in [2.45, 2.75) is 6.92 Å². The van der Waals surface area contributed by atoms with E-state index in [2.05, 4.69) is 10.4 Å². The van der Waals surface area contributed by atoms with Crippen LogP contribution in [0.1, 0.15) is 6.92 Å². The van der Waals surface area contributed by atoms with Crippen molar-refractivity contribution in [3.05, 3.63) is 78.6 Å². The minimum Gasteiger partial charge on any atom is -0.452 e. The smallest absolute Gasteiger partial charge is 0.452 e. The summed E-state index contributed by atoms with van der Waals surface area (Å²) in [5, 5.41) is 6.76. The van der Waals surface area contributed by atoms with Gasteiger partial charge in [0.2, 0.25) is 5.91 Å². The largest absolute Gasteiger partial charge is 0.505 e. The van der Waals surface area contributed by atoms with Crippen LogP contribution in [0.2, 0.25) is 0 Å². The van der Waals surface area contributed by atoms with E-state index in [9.17, 15) is 27.2 Å². The molecule has 232 valence electrons. The summed E-state index contributed by atoms with van der Waals surface area (Å²) < 4.78 is 61.2. The summed E-state index contributed by atoms with van der Waals surface area (Å²) in [5.74, 6) is -4.27. The number of ether oxygens (including phenoxy) is 1. The van der Waals surface area contributed by atoms with Gasteiger partial charge in [0.25, 0.3) is 0 Å². The Labute approximate surface area is 256 Å². The number of fused-ring (bicyclic) bond motifs is 1. The molecule has 0 radical (unpaired) electrons. The molecule has 45 heavy (non-hydrogen) atoms. The van der Waals surface area contributed by atoms with Gasteiger partial charge in [0, 0.05) is 30.9 Å². The predicted octanol–water partition coefficient (Wildman–Crippen LogP) is 3.46. The number of halogens is 2. The maximum atomic E-state index is 15.3. The predicted molar refractivity (Wildman–Crippen MR) is 161 cm³/mol. The summed E-state index contributed by atoms with van der Waals surface area (Å²) in [6.45, 7) is 2.42. The van der Waals surface area contributed by atoms with Gasteiger partial charge in [-0.1, -0.05) is 0 Å². The van der Waals surface area contributed by atoms with Crippen molar-refractivity contribution in [3.8, 4) is 11.5 Å². The molecule has 0 aliphatic carbocycles. The van der Waals surface area contributed by atoms with E-state index in [1.165, 1.54) is 35.1 Å². The first-order chi connectivity index (χ1) is 21.5. The molecule has 12 nitrogen and oxygen atoms in total. The van der Waals surface area contributed by atoms with Gasteiger partial charge in [-0.05, 0) is 49.4 Å². The zero-order chi connectivity index (χ0) is 31.9. The van der Waals surface area contributed by atoms with Gasteiger partial charge < -0.3 is 15.0 Å². The van der Waals surface area contributed by atoms with Crippen LogP contribution >= 0.6 is 0 Å². The number of nitrogens with zero attached hydrogens (tertiary/aromatic N) is 5. The SMILES string of the molecule is CC[N+]1=CC(C(=O)Nc2ccc(Oc3cc(N4CCS(=O)(=O)CC4)cn4nccc34)c(F)c2)C(=O)N(c2ccc(F)cc2)C1=O. The van der Waals surface area contributed by atoms with E-state index in [0.717, 1.165) is 23.1 Å². The van der Waals surface area contributed by atoms with Crippen molar-refractivity contribution in [2.24, 2.45) is 5.92 Å². The summed E-state index contributed by atoms with van der Waals surface area (Å²) in [6, 6.07) is 11.2. The monoisotopic (exact) mass is 637 g/mol. The Bertz CT molecular complexity index is 1960. The van der Waals surface area contributed by atoms with Crippen LogP contribution in [0, 0.1) is 17.6 Å². The fourth-order valence-electron chi connectivity index (χ4n) is 5.13. The number of sulfone groups is 1. The minimum atomic E-state index is -3.09. The minimum absolute atomic E-state index is 0.0173. The van der Waals surface area contributed by atoms with Crippen molar-refractivity contribution in [2.75, 3.05) is 46.3 Å². The zero-order valence-electron chi connectivity index (χ0n) is 23.9. The summed E-state index contributed by atoms with van der Waals surface area (Å²) >= 11 is 0. The lowest BCUT2D eigenvalue weighted by atomic mass is 10.1. The number of imide groups is 1. The Kier molecular flexibility index (Phi) is 7.78. The Morgan fingerprint density at radius 3 is 2.44 bits per heavy atom. The number of urea groups is 1. The van der Waals surface area contributed by atoms with Gasteiger partial charge >= 0.3 is 11.9 Å². The summed E-state index contributed by atoms with van der Waals surface area (Å²) in [4.78, 5) is 42.1. The number of carbonyl (C=O) groups excluding carboxylic acids is 3. The molecule has 1 saturated heterocycles. The molecular weight excluding hydrogens is 610 g/mol. The second-order valence-corrected chi connectivity index (χ2v) is 12.7. The number of hydrogen-bond donors (Lipinski definition) is 1. The molecule has 4 heterocycles. The number of rotatable bonds is 7. The Morgan fingerprint density at radius 1 is 1.02 bits per heavy atom. The third-order valence-electron chi connectivity index (χ3n) is 7.55. The lowest BCUT2D eigenvalue weighted by molar-refractivity contribution is -0.419. The van der Waals surface area contributed by atoms with E-state index >= 15 is 4.39 Å². The third-order valence-corrected chi connectivity index (χ3v) is 9.15.